The Morgan fingerprint density at radius 1 is 1.13 bits per heavy atom. The van der Waals surface area contributed by atoms with Crippen LogP contribution in [-0.2, 0) is 14.3 Å². The van der Waals surface area contributed by atoms with E-state index in [2.05, 4.69) is 17.0 Å². The fourth-order valence-corrected chi connectivity index (χ4v) is 4.36. The molecule has 9 heteroatoms. The summed E-state index contributed by atoms with van der Waals surface area (Å²) in [5.41, 5.74) is -0.117. The van der Waals surface area contributed by atoms with Crippen molar-refractivity contribution >= 4 is 28.5 Å². The minimum absolute atomic E-state index is 0.117. The molecule has 31 heavy (non-hydrogen) atoms. The van der Waals surface area contributed by atoms with E-state index in [1.165, 1.54) is 55.3 Å². The quantitative estimate of drug-likeness (QED) is 0.377. The average Bonchev–Trinajstić information content (AvgIpc) is 2.97. The molecule has 0 fully saturated rings. The van der Waals surface area contributed by atoms with E-state index < -0.39 is 29.4 Å². The van der Waals surface area contributed by atoms with Crippen molar-refractivity contribution in [3.8, 4) is 5.75 Å². The second-order valence-corrected chi connectivity index (χ2v) is 9.07. The van der Waals surface area contributed by atoms with Crippen LogP contribution in [0.4, 0.5) is 18.9 Å². The lowest BCUT2D eigenvalue weighted by Gasteiger charge is -2.26. The van der Waals surface area contributed by atoms with Crippen molar-refractivity contribution in [3.05, 3.63) is 36.1 Å². The topological polar surface area (TPSA) is 64.6 Å². The summed E-state index contributed by atoms with van der Waals surface area (Å²) in [5.74, 6) is -0.737. The van der Waals surface area contributed by atoms with Crippen molar-refractivity contribution in [1.29, 1.82) is 0 Å². The molecule has 172 valence electrons. The summed E-state index contributed by atoms with van der Waals surface area (Å²) in [6, 6.07) is 5.26. The number of benzene rings is 1. The van der Waals surface area contributed by atoms with Gasteiger partial charge in [0.1, 0.15) is 5.76 Å². The first-order valence-corrected chi connectivity index (χ1v) is 11.2. The number of hydrogen-bond acceptors (Lipinski definition) is 5. The van der Waals surface area contributed by atoms with Crippen molar-refractivity contribution in [2.45, 2.75) is 69.9 Å². The zero-order valence-corrected chi connectivity index (χ0v) is 18.5. The summed E-state index contributed by atoms with van der Waals surface area (Å²) in [6.07, 6.45) is 3.98. The van der Waals surface area contributed by atoms with Crippen molar-refractivity contribution in [3.63, 3.8) is 0 Å². The first-order chi connectivity index (χ1) is 14.6. The Hall–Kier alpha value is -2.16. The summed E-state index contributed by atoms with van der Waals surface area (Å²) in [6.45, 7) is 3.64. The number of ether oxygens (including phenoxy) is 2. The monoisotopic (exact) mass is 459 g/mol. The Labute approximate surface area is 184 Å². The second kappa shape index (κ2) is 11.5. The number of anilines is 1. The van der Waals surface area contributed by atoms with Crippen molar-refractivity contribution in [2.24, 2.45) is 0 Å². The lowest BCUT2D eigenvalue weighted by Crippen LogP contribution is -2.26. The van der Waals surface area contributed by atoms with Gasteiger partial charge in [0.25, 0.3) is 5.91 Å². The number of carbonyl (C=O) groups is 2. The maximum absolute atomic E-state index is 12.5. The molecule has 0 aromatic heterocycles. The Morgan fingerprint density at radius 2 is 1.81 bits per heavy atom. The number of thioether (sulfide) groups is 1. The molecule has 1 amide bonds. The van der Waals surface area contributed by atoms with Crippen LogP contribution < -0.4 is 10.1 Å². The van der Waals surface area contributed by atoms with Crippen LogP contribution in [0.3, 0.4) is 0 Å². The average molecular weight is 460 g/mol. The van der Waals surface area contributed by atoms with Crippen LogP contribution >= 0.6 is 11.8 Å². The summed E-state index contributed by atoms with van der Waals surface area (Å²) in [7, 11) is 0. The lowest BCUT2D eigenvalue weighted by molar-refractivity contribution is -0.274. The molecular formula is C22H28F3NO4S. The number of amides is 1. The highest BCUT2D eigenvalue weighted by Crippen LogP contribution is 2.44. The van der Waals surface area contributed by atoms with Crippen LogP contribution in [0.25, 0.3) is 0 Å². The molecule has 1 aromatic carbocycles. The summed E-state index contributed by atoms with van der Waals surface area (Å²) in [5, 5.41) is 2.23. The summed E-state index contributed by atoms with van der Waals surface area (Å²) >= 11 is 1.18. The molecule has 0 saturated heterocycles. The zero-order chi connectivity index (χ0) is 22.9. The van der Waals surface area contributed by atoms with E-state index in [0.29, 0.717) is 5.76 Å². The van der Waals surface area contributed by atoms with Crippen LogP contribution in [0.2, 0.25) is 0 Å². The first-order valence-electron chi connectivity index (χ1n) is 10.4. The lowest BCUT2D eigenvalue weighted by atomic mass is 9.99. The molecule has 1 aromatic rings. The minimum Gasteiger partial charge on any atom is -0.486 e. The van der Waals surface area contributed by atoms with Gasteiger partial charge in [0.2, 0.25) is 5.12 Å². The van der Waals surface area contributed by atoms with E-state index in [9.17, 15) is 22.8 Å². The molecule has 1 N–H and O–H groups in total. The summed E-state index contributed by atoms with van der Waals surface area (Å²) < 4.78 is 46.5. The van der Waals surface area contributed by atoms with Gasteiger partial charge in [0.15, 0.2) is 12.4 Å². The number of halogens is 3. The Kier molecular flexibility index (Phi) is 9.28. The van der Waals surface area contributed by atoms with Gasteiger partial charge >= 0.3 is 6.36 Å². The fourth-order valence-electron chi connectivity index (χ4n) is 3.29. The summed E-state index contributed by atoms with van der Waals surface area (Å²) in [4.78, 5) is 24.2. The van der Waals surface area contributed by atoms with Gasteiger partial charge in [0.05, 0.1) is 10.4 Å². The van der Waals surface area contributed by atoms with E-state index in [0.717, 1.165) is 31.7 Å². The van der Waals surface area contributed by atoms with Crippen molar-refractivity contribution in [1.82, 2.24) is 0 Å². The molecule has 0 unspecified atom stereocenters. The predicted molar refractivity (Wildman–Crippen MR) is 115 cm³/mol. The van der Waals surface area contributed by atoms with Gasteiger partial charge in [-0.05, 0) is 25.5 Å². The van der Waals surface area contributed by atoms with E-state index in [1.54, 1.807) is 0 Å². The standard InChI is InChI=1S/C22H28F3NO4S/c1-3-4-5-6-7-10-13-21(2)18(14-20(28)31-21)29-15-19(27)26-16-11-8-9-12-17(16)30-22(23,24)25/h8-9,11-12,14H,3-7,10,13,15H2,1-2H3,(H,26,27)/t21-/m0/s1. The van der Waals surface area contributed by atoms with Crippen molar-refractivity contribution in [2.75, 3.05) is 11.9 Å². The number of rotatable bonds is 12. The zero-order valence-electron chi connectivity index (χ0n) is 17.7. The maximum atomic E-state index is 12.5. The molecule has 0 aliphatic carbocycles. The maximum Gasteiger partial charge on any atom is 0.573 e. The van der Waals surface area contributed by atoms with E-state index in [1.807, 2.05) is 6.92 Å². The molecule has 1 aliphatic heterocycles. The Balaban J connectivity index is 1.89. The third kappa shape index (κ3) is 8.47. The van der Waals surface area contributed by atoms with E-state index in [4.69, 9.17) is 4.74 Å². The van der Waals surface area contributed by atoms with Gasteiger partial charge in [-0.25, -0.2) is 0 Å². The molecule has 2 rings (SSSR count). The molecule has 1 aliphatic rings. The van der Waals surface area contributed by atoms with Gasteiger partial charge in [-0.3, -0.25) is 9.59 Å². The van der Waals surface area contributed by atoms with Gasteiger partial charge in [0, 0.05) is 6.08 Å². The number of unbranched alkanes of at least 4 members (excludes halogenated alkanes) is 5. The van der Waals surface area contributed by atoms with E-state index >= 15 is 0 Å². The smallest absolute Gasteiger partial charge is 0.486 e. The SMILES string of the molecule is CCCCCCCC[C@]1(C)SC(=O)C=C1OCC(=O)Nc1ccccc1OC(F)(F)F. The highest BCUT2D eigenvalue weighted by Gasteiger charge is 2.39. The van der Waals surface area contributed by atoms with Crippen LogP contribution in [0.15, 0.2) is 36.1 Å². The minimum atomic E-state index is -4.87. The number of carbonyl (C=O) groups excluding carboxylic acids is 2. The van der Waals surface area contributed by atoms with Crippen LogP contribution in [0, 0.1) is 0 Å². The molecule has 1 atom stereocenters. The van der Waals surface area contributed by atoms with Gasteiger partial charge in [-0.1, -0.05) is 69.3 Å². The third-order valence-electron chi connectivity index (χ3n) is 4.85. The van der Waals surface area contributed by atoms with Crippen molar-refractivity contribution < 1.29 is 32.2 Å². The predicted octanol–water partition coefficient (Wildman–Crippen LogP) is 6.21. The van der Waals surface area contributed by atoms with Gasteiger partial charge in [-0.2, -0.15) is 0 Å². The second-order valence-electron chi connectivity index (χ2n) is 7.56. The highest BCUT2D eigenvalue weighted by atomic mass is 32.2. The van der Waals surface area contributed by atoms with E-state index in [-0.39, 0.29) is 10.8 Å². The van der Waals surface area contributed by atoms with Crippen LogP contribution in [0.1, 0.15) is 58.8 Å². The number of alkyl halides is 3. The molecule has 5 nitrogen and oxygen atoms in total. The third-order valence-corrected chi connectivity index (χ3v) is 6.02. The molecule has 0 radical (unpaired) electrons. The number of para-hydroxylation sites is 2. The molecule has 1 heterocycles. The highest BCUT2D eigenvalue weighted by molar-refractivity contribution is 8.15. The van der Waals surface area contributed by atoms with Gasteiger partial charge < -0.3 is 14.8 Å². The number of hydrogen-bond donors (Lipinski definition) is 1. The molecule has 0 spiro atoms. The largest absolute Gasteiger partial charge is 0.573 e. The Morgan fingerprint density at radius 3 is 2.52 bits per heavy atom. The van der Waals surface area contributed by atoms with Crippen LogP contribution in [-0.4, -0.2) is 28.7 Å². The molecule has 0 bridgehead atoms. The first kappa shape index (κ1) is 25.1. The van der Waals surface area contributed by atoms with Gasteiger partial charge in [-0.15, -0.1) is 13.2 Å². The Bertz CT molecular complexity index is 797. The van der Waals surface area contributed by atoms with Crippen LogP contribution in [0.5, 0.6) is 5.75 Å². The normalized spacial score (nSPS) is 18.6. The number of nitrogens with one attached hydrogen (secondary N) is 1. The fraction of sp³-hybridized carbons (Fsp3) is 0.545. The molecule has 0 saturated carbocycles. The molecular weight excluding hydrogens is 431 g/mol.